The van der Waals surface area contributed by atoms with Crippen LogP contribution in [-0.4, -0.2) is 35.9 Å². The van der Waals surface area contributed by atoms with Gasteiger partial charge in [0, 0.05) is 56.2 Å². The van der Waals surface area contributed by atoms with E-state index in [2.05, 4.69) is 20.6 Å². The first-order valence-electron chi connectivity index (χ1n) is 8.75. The van der Waals surface area contributed by atoms with Crippen molar-refractivity contribution in [1.82, 2.24) is 15.3 Å². The number of amides is 2. The largest absolute Gasteiger partial charge is 0.378 e. The lowest BCUT2D eigenvalue weighted by Gasteiger charge is -2.13. The first-order valence-corrected chi connectivity index (χ1v) is 8.75. The fourth-order valence-electron chi connectivity index (χ4n) is 2.52. The van der Waals surface area contributed by atoms with Crippen molar-refractivity contribution in [3.8, 4) is 0 Å². The molecule has 0 aliphatic heterocycles. The van der Waals surface area contributed by atoms with Crippen molar-refractivity contribution < 1.29 is 9.59 Å². The lowest BCUT2D eigenvalue weighted by Crippen LogP contribution is -2.23. The highest BCUT2D eigenvalue weighted by Crippen LogP contribution is 2.16. The Morgan fingerprint density at radius 2 is 1.64 bits per heavy atom. The van der Waals surface area contributed by atoms with Crippen molar-refractivity contribution in [1.29, 1.82) is 0 Å². The van der Waals surface area contributed by atoms with Crippen molar-refractivity contribution in [3.63, 3.8) is 0 Å². The summed E-state index contributed by atoms with van der Waals surface area (Å²) in [7, 11) is 3.89. The number of nitrogens with zero attached hydrogens (tertiary/aromatic N) is 3. The van der Waals surface area contributed by atoms with Gasteiger partial charge >= 0.3 is 0 Å². The minimum atomic E-state index is -0.374. The van der Waals surface area contributed by atoms with Crippen molar-refractivity contribution in [3.05, 3.63) is 83.9 Å². The normalized spacial score (nSPS) is 10.2. The lowest BCUT2D eigenvalue weighted by atomic mass is 10.2. The smallest absolute Gasteiger partial charge is 0.274 e. The third kappa shape index (κ3) is 4.91. The predicted molar refractivity (Wildman–Crippen MR) is 108 cm³/mol. The minimum absolute atomic E-state index is 0.174. The van der Waals surface area contributed by atoms with Crippen LogP contribution in [0.2, 0.25) is 0 Å². The van der Waals surface area contributed by atoms with E-state index in [0.29, 0.717) is 17.8 Å². The first kappa shape index (κ1) is 19.0. The van der Waals surface area contributed by atoms with Crippen LogP contribution in [0.5, 0.6) is 0 Å². The molecule has 2 aromatic heterocycles. The molecule has 0 atom stereocenters. The van der Waals surface area contributed by atoms with Crippen LogP contribution in [0, 0.1) is 0 Å². The third-order valence-electron chi connectivity index (χ3n) is 4.10. The topological polar surface area (TPSA) is 87.2 Å². The molecule has 0 unspecified atom stereocenters. The van der Waals surface area contributed by atoms with Crippen LogP contribution in [0.25, 0.3) is 0 Å². The monoisotopic (exact) mass is 375 g/mol. The van der Waals surface area contributed by atoms with E-state index in [1.807, 2.05) is 55.4 Å². The molecule has 0 fully saturated rings. The molecule has 0 bridgehead atoms. The van der Waals surface area contributed by atoms with Crippen LogP contribution in [0.15, 0.2) is 67.1 Å². The molecule has 0 radical (unpaired) electrons. The number of anilines is 2. The van der Waals surface area contributed by atoms with E-state index in [1.54, 1.807) is 18.5 Å². The molecular weight excluding hydrogens is 354 g/mol. The second-order valence-corrected chi connectivity index (χ2v) is 6.36. The zero-order valence-corrected chi connectivity index (χ0v) is 15.7. The molecular formula is C21H21N5O2. The number of hydrogen-bond acceptors (Lipinski definition) is 5. The first-order chi connectivity index (χ1) is 13.5. The molecule has 1 aromatic carbocycles. The standard InChI is InChI=1S/C21H21N5O2/c1-26(2)18-5-3-17(4-6-18)25-21(28)19-13-16(9-12-23-19)20(27)24-14-15-7-10-22-11-8-15/h3-13H,14H2,1-2H3,(H,24,27)(H,25,28). The fraction of sp³-hybridized carbons (Fsp3) is 0.143. The van der Waals surface area contributed by atoms with Crippen LogP contribution in [0.3, 0.4) is 0 Å². The number of nitrogens with one attached hydrogen (secondary N) is 2. The van der Waals surface area contributed by atoms with Gasteiger partial charge in [0.05, 0.1) is 0 Å². The van der Waals surface area contributed by atoms with E-state index < -0.39 is 0 Å². The molecule has 142 valence electrons. The summed E-state index contributed by atoms with van der Waals surface area (Å²) >= 11 is 0. The van der Waals surface area contributed by atoms with E-state index in [9.17, 15) is 9.59 Å². The maximum Gasteiger partial charge on any atom is 0.274 e. The number of aromatic nitrogens is 2. The Hall–Kier alpha value is -3.74. The van der Waals surface area contributed by atoms with E-state index in [-0.39, 0.29) is 17.5 Å². The molecule has 28 heavy (non-hydrogen) atoms. The SMILES string of the molecule is CN(C)c1ccc(NC(=O)c2cc(C(=O)NCc3ccncc3)ccn2)cc1. The summed E-state index contributed by atoms with van der Waals surface area (Å²) in [6, 6.07) is 14.2. The Bertz CT molecular complexity index is 956. The summed E-state index contributed by atoms with van der Waals surface area (Å²) < 4.78 is 0. The zero-order chi connectivity index (χ0) is 19.9. The van der Waals surface area contributed by atoms with Gasteiger partial charge in [0.15, 0.2) is 0 Å². The van der Waals surface area contributed by atoms with E-state index in [1.165, 1.54) is 12.3 Å². The Morgan fingerprint density at radius 3 is 2.32 bits per heavy atom. The van der Waals surface area contributed by atoms with E-state index >= 15 is 0 Å². The van der Waals surface area contributed by atoms with Gasteiger partial charge in [-0.05, 0) is 54.1 Å². The molecule has 2 heterocycles. The van der Waals surface area contributed by atoms with Gasteiger partial charge in [0.2, 0.25) is 0 Å². The molecule has 3 rings (SSSR count). The third-order valence-corrected chi connectivity index (χ3v) is 4.10. The van der Waals surface area contributed by atoms with Crippen LogP contribution in [-0.2, 0) is 6.54 Å². The Morgan fingerprint density at radius 1 is 0.929 bits per heavy atom. The Balaban J connectivity index is 1.64. The molecule has 2 amide bonds. The van der Waals surface area contributed by atoms with Crippen molar-refractivity contribution >= 4 is 23.2 Å². The number of pyridine rings is 2. The molecule has 3 aromatic rings. The number of carbonyl (C=O) groups excluding carboxylic acids is 2. The summed E-state index contributed by atoms with van der Waals surface area (Å²) in [5.41, 5.74) is 3.18. The minimum Gasteiger partial charge on any atom is -0.378 e. The highest BCUT2D eigenvalue weighted by Gasteiger charge is 2.12. The molecule has 0 saturated heterocycles. The Kier molecular flexibility index (Phi) is 5.96. The highest BCUT2D eigenvalue weighted by atomic mass is 16.2. The number of carbonyl (C=O) groups is 2. The van der Waals surface area contributed by atoms with Crippen molar-refractivity contribution in [2.24, 2.45) is 0 Å². The molecule has 0 aliphatic rings. The molecule has 2 N–H and O–H groups in total. The van der Waals surface area contributed by atoms with Crippen LogP contribution < -0.4 is 15.5 Å². The molecule has 0 saturated carbocycles. The quantitative estimate of drug-likeness (QED) is 0.692. The van der Waals surface area contributed by atoms with Gasteiger partial charge in [-0.1, -0.05) is 0 Å². The van der Waals surface area contributed by atoms with E-state index in [4.69, 9.17) is 0 Å². The van der Waals surface area contributed by atoms with Crippen LogP contribution >= 0.6 is 0 Å². The fourth-order valence-corrected chi connectivity index (χ4v) is 2.52. The van der Waals surface area contributed by atoms with Gasteiger partial charge in [0.25, 0.3) is 11.8 Å². The summed E-state index contributed by atoms with van der Waals surface area (Å²) in [4.78, 5) is 34.8. The average molecular weight is 375 g/mol. The second kappa shape index (κ2) is 8.77. The van der Waals surface area contributed by atoms with E-state index in [0.717, 1.165) is 11.3 Å². The van der Waals surface area contributed by atoms with Gasteiger partial charge in [0.1, 0.15) is 5.69 Å². The van der Waals surface area contributed by atoms with Crippen LogP contribution in [0.1, 0.15) is 26.4 Å². The number of hydrogen-bond donors (Lipinski definition) is 2. The zero-order valence-electron chi connectivity index (χ0n) is 15.7. The summed E-state index contributed by atoms with van der Waals surface area (Å²) in [5, 5.41) is 5.61. The highest BCUT2D eigenvalue weighted by molar-refractivity contribution is 6.04. The molecule has 0 spiro atoms. The second-order valence-electron chi connectivity index (χ2n) is 6.36. The summed E-state index contributed by atoms with van der Waals surface area (Å²) in [5.74, 6) is -0.648. The summed E-state index contributed by atoms with van der Waals surface area (Å²) in [6.45, 7) is 0.378. The molecule has 7 nitrogen and oxygen atoms in total. The average Bonchev–Trinajstić information content (AvgIpc) is 2.73. The molecule has 7 heteroatoms. The number of benzene rings is 1. The Labute approximate surface area is 163 Å². The van der Waals surface area contributed by atoms with Gasteiger partial charge in [-0.15, -0.1) is 0 Å². The maximum absolute atomic E-state index is 12.5. The van der Waals surface area contributed by atoms with Gasteiger partial charge in [-0.3, -0.25) is 19.6 Å². The lowest BCUT2D eigenvalue weighted by molar-refractivity contribution is 0.0950. The predicted octanol–water partition coefficient (Wildman–Crippen LogP) is 2.72. The van der Waals surface area contributed by atoms with Gasteiger partial charge in [-0.25, -0.2) is 0 Å². The van der Waals surface area contributed by atoms with Gasteiger partial charge < -0.3 is 15.5 Å². The van der Waals surface area contributed by atoms with Crippen molar-refractivity contribution in [2.75, 3.05) is 24.3 Å². The molecule has 0 aliphatic carbocycles. The number of rotatable bonds is 6. The van der Waals surface area contributed by atoms with Crippen LogP contribution in [0.4, 0.5) is 11.4 Å². The summed E-state index contributed by atoms with van der Waals surface area (Å²) in [6.07, 6.45) is 4.79. The van der Waals surface area contributed by atoms with Gasteiger partial charge in [-0.2, -0.15) is 0 Å². The van der Waals surface area contributed by atoms with Crippen molar-refractivity contribution in [2.45, 2.75) is 6.54 Å². The maximum atomic E-state index is 12.5.